The summed E-state index contributed by atoms with van der Waals surface area (Å²) in [6.45, 7) is 8.15. The van der Waals surface area contributed by atoms with Gasteiger partial charge in [-0.05, 0) is 110 Å². The Morgan fingerprint density at radius 3 is 2.44 bits per heavy atom. The number of piperazine rings is 1. The van der Waals surface area contributed by atoms with Crippen molar-refractivity contribution >= 4 is 22.6 Å². The van der Waals surface area contributed by atoms with Crippen LogP contribution in [0.3, 0.4) is 0 Å². The Labute approximate surface area is 286 Å². The van der Waals surface area contributed by atoms with Gasteiger partial charge in [-0.15, -0.1) is 6.42 Å². The molecule has 3 unspecified atom stereocenters. The van der Waals surface area contributed by atoms with Crippen LogP contribution in [0.15, 0.2) is 42.5 Å². The molecule has 0 bridgehead atoms. The Morgan fingerprint density at radius 2 is 1.65 bits per heavy atom. The molecule has 2 aliphatic heterocycles. The fourth-order valence-corrected chi connectivity index (χ4v) is 12.2. The Bertz CT molecular complexity index is 1620. The number of benzene rings is 2. The number of hydrogen-bond acceptors (Lipinski definition) is 5. The first-order chi connectivity index (χ1) is 23.1. The standard InChI is InChI=1S/C41H53N3O4/c1-4-41(48)19-17-33-31-15-14-28-25-36(45)35(26-39(28,2)32(31)16-18-40(33,41)3)42-21-23-43(24-22-42)38(47)34-13-8-20-44(34)37(46)30-12-7-10-27-9-5-6-11-29(27)30/h1,5-7,9-12,28,31-36,45,48H,8,13-26H2,2-3H3/t28?,31-,32+,33+,34+,35?,36?,39+,40+,41-/m1/s1. The van der Waals surface area contributed by atoms with Gasteiger partial charge in [0, 0.05) is 49.7 Å². The summed E-state index contributed by atoms with van der Waals surface area (Å²) >= 11 is 0. The number of rotatable bonds is 3. The molecule has 0 radical (unpaired) electrons. The number of likely N-dealkylation sites (tertiary alicyclic amines) is 1. The molecular weight excluding hydrogens is 598 g/mol. The predicted octanol–water partition coefficient (Wildman–Crippen LogP) is 5.34. The molecule has 0 spiro atoms. The molecule has 2 aromatic carbocycles. The number of hydrogen-bond donors (Lipinski definition) is 2. The number of aliphatic hydroxyl groups excluding tert-OH is 1. The number of terminal acetylenes is 1. The zero-order chi connectivity index (χ0) is 33.4. The highest BCUT2D eigenvalue weighted by molar-refractivity contribution is 6.08. The lowest BCUT2D eigenvalue weighted by atomic mass is 9.44. The molecule has 7 heteroatoms. The molecule has 4 saturated carbocycles. The lowest BCUT2D eigenvalue weighted by Crippen LogP contribution is -2.63. The molecule has 2 amide bonds. The number of amides is 2. The quantitative estimate of drug-likeness (QED) is 0.439. The molecule has 4 aliphatic carbocycles. The highest BCUT2D eigenvalue weighted by Crippen LogP contribution is 2.68. The Kier molecular flexibility index (Phi) is 7.97. The van der Waals surface area contributed by atoms with Crippen molar-refractivity contribution < 1.29 is 19.8 Å². The van der Waals surface area contributed by atoms with Crippen molar-refractivity contribution in [1.29, 1.82) is 0 Å². The third kappa shape index (κ3) is 4.80. The van der Waals surface area contributed by atoms with E-state index < -0.39 is 11.6 Å². The highest BCUT2D eigenvalue weighted by atomic mass is 16.3. The molecule has 10 atom stereocenters. The fraction of sp³-hybridized carbons (Fsp3) is 0.659. The first-order valence-corrected chi connectivity index (χ1v) is 18.8. The van der Waals surface area contributed by atoms with Crippen molar-refractivity contribution in [3.8, 4) is 12.3 Å². The van der Waals surface area contributed by atoms with Gasteiger partial charge in [-0.3, -0.25) is 14.5 Å². The van der Waals surface area contributed by atoms with Crippen molar-refractivity contribution in [3.63, 3.8) is 0 Å². The third-order valence-corrected chi connectivity index (χ3v) is 15.0. The maximum absolute atomic E-state index is 14.0. The molecule has 2 saturated heterocycles. The Balaban J connectivity index is 0.935. The lowest BCUT2D eigenvalue weighted by molar-refractivity contribution is -0.163. The summed E-state index contributed by atoms with van der Waals surface area (Å²) in [4.78, 5) is 34.0. The second kappa shape index (κ2) is 11.9. The monoisotopic (exact) mass is 651 g/mol. The van der Waals surface area contributed by atoms with Gasteiger partial charge >= 0.3 is 0 Å². The van der Waals surface area contributed by atoms with Crippen LogP contribution in [0.2, 0.25) is 0 Å². The van der Waals surface area contributed by atoms with Crippen LogP contribution in [-0.4, -0.2) is 93.2 Å². The predicted molar refractivity (Wildman–Crippen MR) is 187 cm³/mol. The molecule has 2 aromatic rings. The zero-order valence-corrected chi connectivity index (χ0v) is 28.8. The Morgan fingerprint density at radius 1 is 0.896 bits per heavy atom. The van der Waals surface area contributed by atoms with Crippen molar-refractivity contribution in [2.45, 2.75) is 102 Å². The number of nitrogens with zero attached hydrogens (tertiary/aromatic N) is 3. The van der Waals surface area contributed by atoms with Gasteiger partial charge < -0.3 is 20.0 Å². The van der Waals surface area contributed by atoms with Crippen LogP contribution in [0, 0.1) is 46.8 Å². The first kappa shape index (κ1) is 32.3. The number of aliphatic hydroxyl groups is 2. The van der Waals surface area contributed by atoms with Crippen LogP contribution in [0.1, 0.15) is 88.4 Å². The summed E-state index contributed by atoms with van der Waals surface area (Å²) in [6, 6.07) is 13.5. The largest absolute Gasteiger partial charge is 0.391 e. The number of carbonyl (C=O) groups excluding carboxylic acids is 2. The minimum absolute atomic E-state index is 0.0511. The summed E-state index contributed by atoms with van der Waals surface area (Å²) in [5, 5.41) is 25.0. The van der Waals surface area contributed by atoms with E-state index in [1.807, 2.05) is 52.3 Å². The van der Waals surface area contributed by atoms with Crippen molar-refractivity contribution in [2.24, 2.45) is 34.5 Å². The van der Waals surface area contributed by atoms with Crippen LogP contribution in [0.25, 0.3) is 10.8 Å². The molecule has 6 aliphatic rings. The van der Waals surface area contributed by atoms with E-state index in [0.29, 0.717) is 61.7 Å². The molecule has 6 fully saturated rings. The average molecular weight is 652 g/mol. The number of carbonyl (C=O) groups is 2. The van der Waals surface area contributed by atoms with Gasteiger partial charge in [0.1, 0.15) is 11.6 Å². The van der Waals surface area contributed by atoms with Crippen molar-refractivity contribution in [1.82, 2.24) is 14.7 Å². The molecular formula is C41H53N3O4. The van der Waals surface area contributed by atoms with Gasteiger partial charge in [0.25, 0.3) is 5.91 Å². The van der Waals surface area contributed by atoms with Gasteiger partial charge in [0.15, 0.2) is 0 Å². The van der Waals surface area contributed by atoms with Gasteiger partial charge in [-0.1, -0.05) is 56.2 Å². The van der Waals surface area contributed by atoms with Crippen molar-refractivity contribution in [3.05, 3.63) is 48.0 Å². The van der Waals surface area contributed by atoms with Crippen LogP contribution in [0.5, 0.6) is 0 Å². The van der Waals surface area contributed by atoms with E-state index in [2.05, 4.69) is 24.7 Å². The zero-order valence-electron chi connectivity index (χ0n) is 28.8. The summed E-state index contributed by atoms with van der Waals surface area (Å²) in [5.74, 6) is 5.02. The molecule has 2 heterocycles. The summed E-state index contributed by atoms with van der Waals surface area (Å²) in [5.41, 5.74) is -0.356. The smallest absolute Gasteiger partial charge is 0.255 e. The Hall–Kier alpha value is -2.92. The summed E-state index contributed by atoms with van der Waals surface area (Å²) < 4.78 is 0. The van der Waals surface area contributed by atoms with Gasteiger partial charge in [0.05, 0.1) is 6.10 Å². The minimum atomic E-state index is -0.985. The fourth-order valence-electron chi connectivity index (χ4n) is 12.2. The molecule has 7 nitrogen and oxygen atoms in total. The summed E-state index contributed by atoms with van der Waals surface area (Å²) in [6.07, 6.45) is 15.1. The van der Waals surface area contributed by atoms with E-state index in [-0.39, 0.29) is 34.8 Å². The summed E-state index contributed by atoms with van der Waals surface area (Å²) in [7, 11) is 0. The van der Waals surface area contributed by atoms with Gasteiger partial charge in [-0.2, -0.15) is 0 Å². The maximum atomic E-state index is 14.0. The van der Waals surface area contributed by atoms with Crippen molar-refractivity contribution in [2.75, 3.05) is 32.7 Å². The van der Waals surface area contributed by atoms with Crippen LogP contribution in [0.4, 0.5) is 0 Å². The second-order valence-corrected chi connectivity index (χ2v) is 16.8. The van der Waals surface area contributed by atoms with E-state index in [4.69, 9.17) is 6.42 Å². The highest BCUT2D eigenvalue weighted by Gasteiger charge is 2.65. The topological polar surface area (TPSA) is 84.3 Å². The van der Waals surface area contributed by atoms with Crippen LogP contribution >= 0.6 is 0 Å². The molecule has 256 valence electrons. The molecule has 8 rings (SSSR count). The molecule has 2 N–H and O–H groups in total. The van der Waals surface area contributed by atoms with Gasteiger partial charge in [0.2, 0.25) is 5.91 Å². The molecule has 48 heavy (non-hydrogen) atoms. The lowest BCUT2D eigenvalue weighted by Gasteiger charge is -2.63. The van der Waals surface area contributed by atoms with E-state index in [9.17, 15) is 19.8 Å². The van der Waals surface area contributed by atoms with E-state index in [1.165, 1.54) is 6.42 Å². The SMILES string of the molecule is C#C[C@@]1(O)CC[C@H]2[C@@H]3CCC4CC(O)C(N5CCN(C(=O)[C@@H]6CCCN6C(=O)c6cccc7ccccc67)CC5)C[C@]4(C)[C@H]3CC[C@@]21C. The van der Waals surface area contributed by atoms with E-state index in [1.54, 1.807) is 0 Å². The van der Waals surface area contributed by atoms with Crippen LogP contribution in [-0.2, 0) is 4.79 Å². The normalized spacial score (nSPS) is 41.4. The third-order valence-electron chi connectivity index (χ3n) is 15.0. The van der Waals surface area contributed by atoms with Gasteiger partial charge in [-0.25, -0.2) is 0 Å². The van der Waals surface area contributed by atoms with Crippen LogP contribution < -0.4 is 0 Å². The van der Waals surface area contributed by atoms with E-state index >= 15 is 0 Å². The second-order valence-electron chi connectivity index (χ2n) is 16.8. The first-order valence-electron chi connectivity index (χ1n) is 18.8. The minimum Gasteiger partial charge on any atom is -0.391 e. The number of fused-ring (bicyclic) bond motifs is 6. The average Bonchev–Trinajstić information content (AvgIpc) is 3.70. The molecule has 0 aromatic heterocycles. The van der Waals surface area contributed by atoms with E-state index in [0.717, 1.165) is 68.8 Å². The maximum Gasteiger partial charge on any atom is 0.255 e.